The monoisotopic (exact) mass is 376 g/mol. The normalized spacial score (nSPS) is 12.9. The number of rotatable bonds is 3. The molecular weight excluding hydrogens is 365 g/mol. The fourth-order valence-corrected chi connectivity index (χ4v) is 2.54. The molecule has 1 aromatic heterocycles. The molecular formula is C18H11F3N2O4. The van der Waals surface area contributed by atoms with E-state index in [4.69, 9.17) is 14.0 Å². The first-order chi connectivity index (χ1) is 12.9. The van der Waals surface area contributed by atoms with E-state index in [-0.39, 0.29) is 18.2 Å². The number of alkyl halides is 3. The molecule has 1 amide bonds. The molecule has 2 aromatic carbocycles. The van der Waals surface area contributed by atoms with Crippen molar-refractivity contribution < 1.29 is 32.0 Å². The van der Waals surface area contributed by atoms with Crippen LogP contribution in [0.1, 0.15) is 16.1 Å². The number of fused-ring (bicyclic) bond motifs is 1. The third-order valence-electron chi connectivity index (χ3n) is 3.85. The topological polar surface area (TPSA) is 73.6 Å². The van der Waals surface area contributed by atoms with Gasteiger partial charge in [-0.3, -0.25) is 4.79 Å². The van der Waals surface area contributed by atoms with E-state index in [9.17, 15) is 18.0 Å². The van der Waals surface area contributed by atoms with Gasteiger partial charge in [0, 0.05) is 17.3 Å². The minimum atomic E-state index is -4.50. The molecule has 2 heterocycles. The van der Waals surface area contributed by atoms with Crippen LogP contribution in [0.25, 0.3) is 11.3 Å². The number of ether oxygens (including phenoxy) is 2. The number of hydrogen-bond donors (Lipinski definition) is 1. The van der Waals surface area contributed by atoms with Gasteiger partial charge in [0.25, 0.3) is 5.91 Å². The fraction of sp³-hybridized carbons (Fsp3) is 0.111. The number of carbonyl (C=O) groups excluding carboxylic acids is 1. The van der Waals surface area contributed by atoms with Gasteiger partial charge in [0.2, 0.25) is 6.79 Å². The van der Waals surface area contributed by atoms with Gasteiger partial charge in [-0.1, -0.05) is 11.2 Å². The maximum Gasteiger partial charge on any atom is 0.416 e. The van der Waals surface area contributed by atoms with Crippen molar-refractivity contribution in [1.29, 1.82) is 0 Å². The largest absolute Gasteiger partial charge is 0.454 e. The highest BCUT2D eigenvalue weighted by Crippen LogP contribution is 2.36. The molecule has 1 N–H and O–H groups in total. The van der Waals surface area contributed by atoms with E-state index in [0.717, 1.165) is 12.1 Å². The van der Waals surface area contributed by atoms with Crippen molar-refractivity contribution in [2.24, 2.45) is 0 Å². The van der Waals surface area contributed by atoms with Crippen molar-refractivity contribution in [3.8, 4) is 22.8 Å². The summed E-state index contributed by atoms with van der Waals surface area (Å²) >= 11 is 0. The molecule has 9 heteroatoms. The highest BCUT2D eigenvalue weighted by molar-refractivity contribution is 6.03. The number of nitrogens with one attached hydrogen (secondary N) is 1. The Kier molecular flexibility index (Phi) is 3.98. The summed E-state index contributed by atoms with van der Waals surface area (Å²) in [5.41, 5.74) is -0.311. The molecule has 0 aliphatic carbocycles. The number of anilines is 1. The Morgan fingerprint density at radius 2 is 1.85 bits per heavy atom. The molecule has 0 saturated heterocycles. The summed E-state index contributed by atoms with van der Waals surface area (Å²) in [6.45, 7) is 0.125. The Bertz CT molecular complexity index is 1010. The van der Waals surface area contributed by atoms with Crippen LogP contribution in [0.2, 0.25) is 0 Å². The third kappa shape index (κ3) is 3.43. The standard InChI is InChI=1S/C18H11F3N2O4/c19-18(20,21)11-2-1-3-12(7-11)22-17(24)13-8-15(27-23-13)10-4-5-14-16(6-10)26-9-25-14/h1-8H,9H2,(H,22,24). The molecule has 0 saturated carbocycles. The number of amides is 1. The summed E-state index contributed by atoms with van der Waals surface area (Å²) in [5, 5.41) is 6.04. The van der Waals surface area contributed by atoms with Crippen molar-refractivity contribution in [3.63, 3.8) is 0 Å². The van der Waals surface area contributed by atoms with Crippen molar-refractivity contribution >= 4 is 11.6 Å². The zero-order valence-corrected chi connectivity index (χ0v) is 13.5. The highest BCUT2D eigenvalue weighted by atomic mass is 19.4. The summed E-state index contributed by atoms with van der Waals surface area (Å²) in [7, 11) is 0. The van der Waals surface area contributed by atoms with E-state index < -0.39 is 17.6 Å². The van der Waals surface area contributed by atoms with E-state index in [0.29, 0.717) is 22.8 Å². The number of aromatic nitrogens is 1. The molecule has 4 rings (SSSR count). The van der Waals surface area contributed by atoms with Crippen LogP contribution in [0.5, 0.6) is 11.5 Å². The van der Waals surface area contributed by atoms with Gasteiger partial charge in [0.1, 0.15) is 0 Å². The third-order valence-corrected chi connectivity index (χ3v) is 3.85. The minimum absolute atomic E-state index is 0.00227. The maximum absolute atomic E-state index is 12.8. The second-order valence-electron chi connectivity index (χ2n) is 5.68. The summed E-state index contributed by atoms with van der Waals surface area (Å²) in [5.74, 6) is 0.757. The van der Waals surface area contributed by atoms with E-state index in [1.807, 2.05) is 0 Å². The fourth-order valence-electron chi connectivity index (χ4n) is 2.54. The number of nitrogens with zero attached hydrogens (tertiary/aromatic N) is 1. The molecule has 138 valence electrons. The second kappa shape index (κ2) is 6.35. The van der Waals surface area contributed by atoms with Crippen molar-refractivity contribution in [2.45, 2.75) is 6.18 Å². The number of benzene rings is 2. The highest BCUT2D eigenvalue weighted by Gasteiger charge is 2.30. The van der Waals surface area contributed by atoms with Crippen LogP contribution in [0.4, 0.5) is 18.9 Å². The summed E-state index contributed by atoms with van der Waals surface area (Å²) in [4.78, 5) is 12.2. The van der Waals surface area contributed by atoms with Gasteiger partial charge in [0.15, 0.2) is 23.0 Å². The van der Waals surface area contributed by atoms with Crippen molar-refractivity contribution in [2.75, 3.05) is 12.1 Å². The number of carbonyl (C=O) groups is 1. The Morgan fingerprint density at radius 1 is 1.04 bits per heavy atom. The lowest BCUT2D eigenvalue weighted by Gasteiger charge is -2.08. The Morgan fingerprint density at radius 3 is 2.67 bits per heavy atom. The molecule has 0 bridgehead atoms. The number of halogens is 3. The van der Waals surface area contributed by atoms with E-state index in [1.165, 1.54) is 18.2 Å². The molecule has 1 aliphatic heterocycles. The van der Waals surface area contributed by atoms with Crippen LogP contribution >= 0.6 is 0 Å². The molecule has 27 heavy (non-hydrogen) atoms. The Labute approximate surface area is 150 Å². The SMILES string of the molecule is O=C(Nc1cccc(C(F)(F)F)c1)c1cc(-c2ccc3c(c2)OCO3)on1. The zero-order valence-electron chi connectivity index (χ0n) is 13.5. The quantitative estimate of drug-likeness (QED) is 0.736. The van der Waals surface area contributed by atoms with Gasteiger partial charge in [-0.05, 0) is 36.4 Å². The van der Waals surface area contributed by atoms with Crippen LogP contribution in [-0.2, 0) is 6.18 Å². The average molecular weight is 376 g/mol. The first kappa shape index (κ1) is 17.0. The molecule has 0 radical (unpaired) electrons. The molecule has 0 fully saturated rings. The van der Waals surface area contributed by atoms with Gasteiger partial charge in [-0.15, -0.1) is 0 Å². The Balaban J connectivity index is 1.52. The van der Waals surface area contributed by atoms with Crippen molar-refractivity contribution in [1.82, 2.24) is 5.16 Å². The molecule has 6 nitrogen and oxygen atoms in total. The van der Waals surface area contributed by atoms with Gasteiger partial charge in [-0.2, -0.15) is 13.2 Å². The first-order valence-corrected chi connectivity index (χ1v) is 7.75. The Hall–Kier alpha value is -3.49. The lowest BCUT2D eigenvalue weighted by molar-refractivity contribution is -0.137. The molecule has 3 aromatic rings. The predicted octanol–water partition coefficient (Wildman–Crippen LogP) is 4.34. The van der Waals surface area contributed by atoms with Crippen LogP contribution in [0.15, 0.2) is 53.1 Å². The van der Waals surface area contributed by atoms with E-state index >= 15 is 0 Å². The lowest BCUT2D eigenvalue weighted by atomic mass is 10.1. The zero-order chi connectivity index (χ0) is 19.0. The van der Waals surface area contributed by atoms with Gasteiger partial charge < -0.3 is 19.3 Å². The molecule has 0 atom stereocenters. The van der Waals surface area contributed by atoms with Crippen LogP contribution in [0.3, 0.4) is 0 Å². The smallest absolute Gasteiger partial charge is 0.416 e. The van der Waals surface area contributed by atoms with E-state index in [2.05, 4.69) is 10.5 Å². The van der Waals surface area contributed by atoms with Gasteiger partial charge >= 0.3 is 6.18 Å². The average Bonchev–Trinajstić information content (AvgIpc) is 3.30. The lowest BCUT2D eigenvalue weighted by Crippen LogP contribution is -2.13. The van der Waals surface area contributed by atoms with Crippen LogP contribution < -0.4 is 14.8 Å². The minimum Gasteiger partial charge on any atom is -0.454 e. The molecule has 0 unspecified atom stereocenters. The maximum atomic E-state index is 12.8. The molecule has 0 spiro atoms. The first-order valence-electron chi connectivity index (χ1n) is 7.75. The summed E-state index contributed by atoms with van der Waals surface area (Å²) < 4.78 is 53.9. The second-order valence-corrected chi connectivity index (χ2v) is 5.68. The summed E-state index contributed by atoms with van der Waals surface area (Å²) in [6.07, 6.45) is -4.50. The van der Waals surface area contributed by atoms with Crippen LogP contribution in [0, 0.1) is 0 Å². The van der Waals surface area contributed by atoms with Crippen molar-refractivity contribution in [3.05, 3.63) is 59.8 Å². The van der Waals surface area contributed by atoms with Gasteiger partial charge in [-0.25, -0.2) is 0 Å². The van der Waals surface area contributed by atoms with E-state index in [1.54, 1.807) is 18.2 Å². The predicted molar refractivity (Wildman–Crippen MR) is 87.5 cm³/mol. The molecule has 1 aliphatic rings. The van der Waals surface area contributed by atoms with Gasteiger partial charge in [0.05, 0.1) is 5.56 Å². The number of hydrogen-bond acceptors (Lipinski definition) is 5. The summed E-state index contributed by atoms with van der Waals surface area (Å²) in [6, 6.07) is 10.8. The van der Waals surface area contributed by atoms with Crippen LogP contribution in [-0.4, -0.2) is 17.9 Å².